The van der Waals surface area contributed by atoms with E-state index in [0.717, 1.165) is 17.1 Å². The molecule has 21 heavy (non-hydrogen) atoms. The van der Waals surface area contributed by atoms with E-state index < -0.39 is 0 Å². The SMILES string of the molecule is CSc1ccc(C(C)NCc2nc3ccccc3s2)cc1. The molecule has 1 heterocycles. The van der Waals surface area contributed by atoms with Crippen LogP contribution in [0.4, 0.5) is 0 Å². The van der Waals surface area contributed by atoms with E-state index in [-0.39, 0.29) is 0 Å². The van der Waals surface area contributed by atoms with Crippen LogP contribution in [0, 0.1) is 0 Å². The standard InChI is InChI=1S/C17H18N2S2/c1-12(13-7-9-14(20-2)10-8-13)18-11-17-19-15-5-3-4-6-16(15)21-17/h3-10,12,18H,11H2,1-2H3. The van der Waals surface area contributed by atoms with E-state index in [0.29, 0.717) is 6.04 Å². The van der Waals surface area contributed by atoms with E-state index in [1.165, 1.54) is 15.2 Å². The molecule has 2 nitrogen and oxygen atoms in total. The highest BCUT2D eigenvalue weighted by Crippen LogP contribution is 2.23. The normalized spacial score (nSPS) is 12.7. The summed E-state index contributed by atoms with van der Waals surface area (Å²) in [6.45, 7) is 3.01. The van der Waals surface area contributed by atoms with Crippen molar-refractivity contribution in [1.82, 2.24) is 10.3 Å². The molecule has 0 aliphatic rings. The van der Waals surface area contributed by atoms with Crippen LogP contribution in [0.3, 0.4) is 0 Å². The van der Waals surface area contributed by atoms with Gasteiger partial charge < -0.3 is 5.32 Å². The highest BCUT2D eigenvalue weighted by molar-refractivity contribution is 7.98. The van der Waals surface area contributed by atoms with Gasteiger partial charge in [-0.15, -0.1) is 23.1 Å². The first-order valence-electron chi connectivity index (χ1n) is 6.98. The van der Waals surface area contributed by atoms with Gasteiger partial charge in [0.1, 0.15) is 5.01 Å². The zero-order chi connectivity index (χ0) is 14.7. The molecule has 4 heteroatoms. The first-order valence-corrected chi connectivity index (χ1v) is 9.02. The van der Waals surface area contributed by atoms with Gasteiger partial charge in [-0.2, -0.15) is 0 Å². The number of rotatable bonds is 5. The fourth-order valence-corrected chi connectivity index (χ4v) is 3.57. The zero-order valence-corrected chi connectivity index (χ0v) is 13.8. The molecule has 0 radical (unpaired) electrons. The molecule has 108 valence electrons. The maximum atomic E-state index is 4.66. The third-order valence-electron chi connectivity index (χ3n) is 3.51. The van der Waals surface area contributed by atoms with Crippen molar-refractivity contribution in [2.45, 2.75) is 24.4 Å². The maximum Gasteiger partial charge on any atom is 0.108 e. The van der Waals surface area contributed by atoms with Crippen LogP contribution in [0.1, 0.15) is 23.5 Å². The Morgan fingerprint density at radius 3 is 2.62 bits per heavy atom. The quantitative estimate of drug-likeness (QED) is 0.680. The summed E-state index contributed by atoms with van der Waals surface area (Å²) in [4.78, 5) is 5.96. The number of fused-ring (bicyclic) bond motifs is 1. The molecule has 0 amide bonds. The molecule has 1 N–H and O–H groups in total. The van der Waals surface area contributed by atoms with E-state index in [4.69, 9.17) is 0 Å². The first kappa shape index (κ1) is 14.6. The van der Waals surface area contributed by atoms with Gasteiger partial charge in [-0.3, -0.25) is 0 Å². The summed E-state index contributed by atoms with van der Waals surface area (Å²) in [5.41, 5.74) is 2.41. The minimum atomic E-state index is 0.327. The fraction of sp³-hybridized carbons (Fsp3) is 0.235. The Hall–Kier alpha value is -1.36. The highest BCUT2D eigenvalue weighted by atomic mass is 32.2. The van der Waals surface area contributed by atoms with Crippen molar-refractivity contribution >= 4 is 33.3 Å². The first-order chi connectivity index (χ1) is 10.3. The molecule has 0 saturated carbocycles. The minimum absolute atomic E-state index is 0.327. The molecular formula is C17H18N2S2. The average molecular weight is 314 g/mol. The van der Waals surface area contributed by atoms with Gasteiger partial charge in [0.2, 0.25) is 0 Å². The van der Waals surface area contributed by atoms with E-state index in [1.807, 2.05) is 6.07 Å². The van der Waals surface area contributed by atoms with Crippen LogP contribution in [-0.4, -0.2) is 11.2 Å². The number of nitrogens with one attached hydrogen (secondary N) is 1. The van der Waals surface area contributed by atoms with Gasteiger partial charge >= 0.3 is 0 Å². The van der Waals surface area contributed by atoms with Crippen molar-refractivity contribution in [3.8, 4) is 0 Å². The molecule has 0 fully saturated rings. The van der Waals surface area contributed by atoms with Crippen molar-refractivity contribution in [3.63, 3.8) is 0 Å². The Morgan fingerprint density at radius 1 is 1.14 bits per heavy atom. The van der Waals surface area contributed by atoms with Gasteiger partial charge in [0.15, 0.2) is 0 Å². The van der Waals surface area contributed by atoms with Crippen molar-refractivity contribution in [2.75, 3.05) is 6.26 Å². The second kappa shape index (κ2) is 6.60. The smallest absolute Gasteiger partial charge is 0.108 e. The summed E-state index contributed by atoms with van der Waals surface area (Å²) in [7, 11) is 0. The van der Waals surface area contributed by atoms with Gasteiger partial charge in [0.05, 0.1) is 10.2 Å². The van der Waals surface area contributed by atoms with Crippen LogP contribution in [0.25, 0.3) is 10.2 Å². The Bertz CT molecular complexity index is 686. The summed E-state index contributed by atoms with van der Waals surface area (Å²) in [6, 6.07) is 17.4. The number of hydrogen-bond acceptors (Lipinski definition) is 4. The fourth-order valence-electron chi connectivity index (χ4n) is 2.25. The Kier molecular flexibility index (Phi) is 4.58. The Balaban J connectivity index is 1.65. The molecule has 3 aromatic rings. The molecule has 1 aromatic heterocycles. The van der Waals surface area contributed by atoms with E-state index in [1.54, 1.807) is 23.1 Å². The van der Waals surface area contributed by atoms with Crippen LogP contribution in [0.5, 0.6) is 0 Å². The predicted octanol–water partition coefficient (Wildman–Crippen LogP) is 4.87. The van der Waals surface area contributed by atoms with Gasteiger partial charge in [0.25, 0.3) is 0 Å². The number of thioether (sulfide) groups is 1. The number of benzene rings is 2. The molecule has 1 atom stereocenters. The van der Waals surface area contributed by atoms with Gasteiger partial charge in [-0.05, 0) is 43.0 Å². The molecule has 0 bridgehead atoms. The van der Waals surface area contributed by atoms with Crippen LogP contribution < -0.4 is 5.32 Å². The van der Waals surface area contributed by atoms with E-state index >= 15 is 0 Å². The number of thiazole rings is 1. The van der Waals surface area contributed by atoms with Crippen molar-refractivity contribution < 1.29 is 0 Å². The highest BCUT2D eigenvalue weighted by Gasteiger charge is 2.07. The van der Waals surface area contributed by atoms with Crippen LogP contribution >= 0.6 is 23.1 Å². The van der Waals surface area contributed by atoms with Gasteiger partial charge in [-0.25, -0.2) is 4.98 Å². The van der Waals surface area contributed by atoms with Crippen LogP contribution in [-0.2, 0) is 6.54 Å². The molecule has 0 saturated heterocycles. The Morgan fingerprint density at radius 2 is 1.90 bits per heavy atom. The van der Waals surface area contributed by atoms with Gasteiger partial charge in [0, 0.05) is 17.5 Å². The third-order valence-corrected chi connectivity index (χ3v) is 5.29. The molecule has 0 aliphatic carbocycles. The number of aromatic nitrogens is 1. The second-order valence-corrected chi connectivity index (χ2v) is 6.95. The lowest BCUT2D eigenvalue weighted by molar-refractivity contribution is 0.573. The van der Waals surface area contributed by atoms with E-state index in [2.05, 4.69) is 65.9 Å². The van der Waals surface area contributed by atoms with Crippen molar-refractivity contribution in [1.29, 1.82) is 0 Å². The van der Waals surface area contributed by atoms with Crippen molar-refractivity contribution in [2.24, 2.45) is 0 Å². The summed E-state index contributed by atoms with van der Waals surface area (Å²) in [5, 5.41) is 4.70. The monoisotopic (exact) mass is 314 g/mol. The summed E-state index contributed by atoms with van der Waals surface area (Å²) >= 11 is 3.54. The predicted molar refractivity (Wildman–Crippen MR) is 93.1 cm³/mol. The van der Waals surface area contributed by atoms with Crippen LogP contribution in [0.15, 0.2) is 53.4 Å². The number of nitrogens with zero attached hydrogens (tertiary/aromatic N) is 1. The molecule has 2 aromatic carbocycles. The van der Waals surface area contributed by atoms with E-state index in [9.17, 15) is 0 Å². The molecular weight excluding hydrogens is 296 g/mol. The largest absolute Gasteiger partial charge is 0.304 e. The lowest BCUT2D eigenvalue weighted by Crippen LogP contribution is -2.17. The zero-order valence-electron chi connectivity index (χ0n) is 12.2. The summed E-state index contributed by atoms with van der Waals surface area (Å²) in [5.74, 6) is 0. The minimum Gasteiger partial charge on any atom is -0.304 e. The summed E-state index contributed by atoms with van der Waals surface area (Å²) in [6.07, 6.45) is 2.10. The maximum absolute atomic E-state index is 4.66. The Labute approximate surface area is 133 Å². The topological polar surface area (TPSA) is 24.9 Å². The lowest BCUT2D eigenvalue weighted by Gasteiger charge is -2.13. The van der Waals surface area contributed by atoms with Crippen molar-refractivity contribution in [3.05, 3.63) is 59.1 Å². The number of hydrogen-bond donors (Lipinski definition) is 1. The number of para-hydroxylation sites is 1. The van der Waals surface area contributed by atoms with Crippen LogP contribution in [0.2, 0.25) is 0 Å². The lowest BCUT2D eigenvalue weighted by atomic mass is 10.1. The molecule has 3 rings (SSSR count). The molecule has 1 unspecified atom stereocenters. The molecule has 0 aliphatic heterocycles. The average Bonchev–Trinajstić information content (AvgIpc) is 2.95. The second-order valence-electron chi connectivity index (χ2n) is 4.95. The summed E-state index contributed by atoms with van der Waals surface area (Å²) < 4.78 is 1.26. The van der Waals surface area contributed by atoms with Gasteiger partial charge in [-0.1, -0.05) is 24.3 Å². The third kappa shape index (κ3) is 3.46. The molecule has 0 spiro atoms.